The van der Waals surface area contributed by atoms with Crippen molar-refractivity contribution >= 4 is 6.09 Å². The van der Waals surface area contributed by atoms with Gasteiger partial charge in [-0.3, -0.25) is 0 Å². The van der Waals surface area contributed by atoms with Crippen LogP contribution in [-0.4, -0.2) is 35.3 Å². The summed E-state index contributed by atoms with van der Waals surface area (Å²) in [6.07, 6.45) is 0.688. The number of nitrogens with zero attached hydrogens (tertiary/aromatic N) is 1. The molecule has 1 aliphatic heterocycles. The smallest absolute Gasteiger partial charge is 0.410 e. The van der Waals surface area contributed by atoms with E-state index in [1.54, 1.807) is 4.90 Å². The van der Waals surface area contributed by atoms with Crippen LogP contribution >= 0.6 is 0 Å². The molecule has 0 spiro atoms. The molecule has 0 aliphatic carbocycles. The monoisotopic (exact) mass is 291 g/mol. The average molecular weight is 291 g/mol. The average Bonchev–Trinajstić information content (AvgIpc) is 2.76. The van der Waals surface area contributed by atoms with E-state index in [4.69, 9.17) is 9.47 Å². The standard InChI is InChI=1S/C17H25NO3/c1-13-10-15(21-17(2,3)4)11-18(13)16(19)20-12-14-8-6-5-7-9-14/h5-9,13,15H,10-12H2,1-4H3/t13-,15-/m1/s1. The highest BCUT2D eigenvalue weighted by Gasteiger charge is 2.35. The van der Waals surface area contributed by atoms with Crippen LogP contribution < -0.4 is 0 Å². The highest BCUT2D eigenvalue weighted by molar-refractivity contribution is 5.68. The van der Waals surface area contributed by atoms with Crippen molar-refractivity contribution in [3.8, 4) is 0 Å². The predicted octanol–water partition coefficient (Wildman–Crippen LogP) is 3.60. The summed E-state index contributed by atoms with van der Waals surface area (Å²) in [7, 11) is 0. The number of hydrogen-bond acceptors (Lipinski definition) is 3. The van der Waals surface area contributed by atoms with E-state index in [-0.39, 0.29) is 23.8 Å². The van der Waals surface area contributed by atoms with Crippen LogP contribution in [0, 0.1) is 0 Å². The molecule has 1 heterocycles. The molecule has 0 bridgehead atoms. The van der Waals surface area contributed by atoms with Crippen LogP contribution in [-0.2, 0) is 16.1 Å². The highest BCUT2D eigenvalue weighted by atomic mass is 16.6. The van der Waals surface area contributed by atoms with Gasteiger partial charge in [-0.1, -0.05) is 30.3 Å². The molecule has 4 nitrogen and oxygen atoms in total. The lowest BCUT2D eigenvalue weighted by Gasteiger charge is -2.25. The summed E-state index contributed by atoms with van der Waals surface area (Å²) in [6, 6.07) is 9.88. The molecular formula is C17H25NO3. The Hall–Kier alpha value is -1.55. The van der Waals surface area contributed by atoms with E-state index in [0.717, 1.165) is 12.0 Å². The molecule has 2 atom stereocenters. The lowest BCUT2D eigenvalue weighted by atomic mass is 10.1. The third-order valence-corrected chi connectivity index (χ3v) is 3.50. The number of ether oxygens (including phenoxy) is 2. The topological polar surface area (TPSA) is 38.8 Å². The van der Waals surface area contributed by atoms with Crippen molar-refractivity contribution in [3.63, 3.8) is 0 Å². The van der Waals surface area contributed by atoms with Crippen molar-refractivity contribution in [2.75, 3.05) is 6.54 Å². The number of carbonyl (C=O) groups is 1. The second kappa shape index (κ2) is 6.48. The molecule has 2 rings (SSSR count). The zero-order valence-corrected chi connectivity index (χ0v) is 13.3. The Morgan fingerprint density at radius 1 is 1.29 bits per heavy atom. The molecule has 116 valence electrons. The summed E-state index contributed by atoms with van der Waals surface area (Å²) >= 11 is 0. The molecule has 1 fully saturated rings. The van der Waals surface area contributed by atoms with Gasteiger partial charge in [0.25, 0.3) is 0 Å². The predicted molar refractivity (Wildman–Crippen MR) is 82.0 cm³/mol. The molecule has 1 aromatic carbocycles. The van der Waals surface area contributed by atoms with E-state index in [2.05, 4.69) is 0 Å². The maximum absolute atomic E-state index is 12.2. The quantitative estimate of drug-likeness (QED) is 0.854. The van der Waals surface area contributed by atoms with Crippen LogP contribution in [0.1, 0.15) is 39.7 Å². The molecule has 4 heteroatoms. The van der Waals surface area contributed by atoms with Gasteiger partial charge in [-0.15, -0.1) is 0 Å². The van der Waals surface area contributed by atoms with Crippen molar-refractivity contribution in [1.29, 1.82) is 0 Å². The van der Waals surface area contributed by atoms with Gasteiger partial charge in [-0.05, 0) is 39.7 Å². The van der Waals surface area contributed by atoms with E-state index < -0.39 is 0 Å². The fourth-order valence-electron chi connectivity index (χ4n) is 2.62. The summed E-state index contributed by atoms with van der Waals surface area (Å²) in [5.41, 5.74) is 0.814. The maximum Gasteiger partial charge on any atom is 0.410 e. The van der Waals surface area contributed by atoms with Crippen LogP contribution in [0.5, 0.6) is 0 Å². The Morgan fingerprint density at radius 3 is 2.57 bits per heavy atom. The molecule has 1 aliphatic rings. The van der Waals surface area contributed by atoms with Gasteiger partial charge in [0.1, 0.15) is 6.61 Å². The first kappa shape index (κ1) is 15.8. The normalized spacial score (nSPS) is 22.4. The van der Waals surface area contributed by atoms with Crippen LogP contribution in [0.25, 0.3) is 0 Å². The van der Waals surface area contributed by atoms with Gasteiger partial charge in [0, 0.05) is 6.04 Å². The molecule has 0 aromatic heterocycles. The number of benzene rings is 1. The van der Waals surface area contributed by atoms with Crippen LogP contribution in [0.15, 0.2) is 30.3 Å². The van der Waals surface area contributed by atoms with Crippen LogP contribution in [0.4, 0.5) is 4.79 Å². The van der Waals surface area contributed by atoms with Gasteiger partial charge < -0.3 is 14.4 Å². The van der Waals surface area contributed by atoms with Gasteiger partial charge in [0.15, 0.2) is 0 Å². The molecule has 0 saturated carbocycles. The number of likely N-dealkylation sites (tertiary alicyclic amines) is 1. The summed E-state index contributed by atoms with van der Waals surface area (Å²) in [4.78, 5) is 14.0. The minimum atomic E-state index is -0.258. The Balaban J connectivity index is 1.85. The first-order valence-electron chi connectivity index (χ1n) is 7.50. The van der Waals surface area contributed by atoms with Crippen molar-refractivity contribution in [1.82, 2.24) is 4.90 Å². The Labute approximate surface area is 127 Å². The third-order valence-electron chi connectivity index (χ3n) is 3.50. The summed E-state index contributed by atoms with van der Waals surface area (Å²) in [6.45, 7) is 9.06. The van der Waals surface area contributed by atoms with Crippen LogP contribution in [0.2, 0.25) is 0 Å². The number of amides is 1. The first-order valence-corrected chi connectivity index (χ1v) is 7.50. The zero-order valence-electron chi connectivity index (χ0n) is 13.3. The summed E-state index contributed by atoms with van der Waals surface area (Å²) in [5, 5.41) is 0. The molecule has 1 aromatic rings. The summed E-state index contributed by atoms with van der Waals surface area (Å²) < 4.78 is 11.4. The molecule has 1 saturated heterocycles. The van der Waals surface area contributed by atoms with Crippen LogP contribution in [0.3, 0.4) is 0 Å². The van der Waals surface area contributed by atoms with Gasteiger partial charge in [0.2, 0.25) is 0 Å². The number of rotatable bonds is 3. The van der Waals surface area contributed by atoms with E-state index in [1.807, 2.05) is 58.0 Å². The highest BCUT2D eigenvalue weighted by Crippen LogP contribution is 2.25. The maximum atomic E-state index is 12.2. The minimum Gasteiger partial charge on any atom is -0.445 e. The zero-order chi connectivity index (χ0) is 15.5. The fourth-order valence-corrected chi connectivity index (χ4v) is 2.62. The van der Waals surface area contributed by atoms with Gasteiger partial charge in [0.05, 0.1) is 18.2 Å². The van der Waals surface area contributed by atoms with Gasteiger partial charge in [-0.25, -0.2) is 4.79 Å². The van der Waals surface area contributed by atoms with E-state index in [1.165, 1.54) is 0 Å². The van der Waals surface area contributed by atoms with Gasteiger partial charge in [-0.2, -0.15) is 0 Å². The first-order chi connectivity index (χ1) is 9.85. The number of hydrogen-bond donors (Lipinski definition) is 0. The van der Waals surface area contributed by atoms with Crippen molar-refractivity contribution in [2.45, 2.75) is 58.5 Å². The number of carbonyl (C=O) groups excluding carboxylic acids is 1. The molecule has 0 radical (unpaired) electrons. The Bertz CT molecular complexity index is 467. The fraction of sp³-hybridized carbons (Fsp3) is 0.588. The van der Waals surface area contributed by atoms with Crippen molar-refractivity contribution in [3.05, 3.63) is 35.9 Å². The minimum absolute atomic E-state index is 0.0873. The molecular weight excluding hydrogens is 266 g/mol. The Morgan fingerprint density at radius 2 is 1.95 bits per heavy atom. The molecule has 1 amide bonds. The largest absolute Gasteiger partial charge is 0.445 e. The lowest BCUT2D eigenvalue weighted by molar-refractivity contribution is -0.0539. The van der Waals surface area contributed by atoms with E-state index in [0.29, 0.717) is 13.2 Å². The molecule has 21 heavy (non-hydrogen) atoms. The SMILES string of the molecule is C[C@@H]1C[C@@H](OC(C)(C)C)CN1C(=O)OCc1ccccc1. The second-order valence-electron chi connectivity index (χ2n) is 6.63. The van der Waals surface area contributed by atoms with E-state index in [9.17, 15) is 4.79 Å². The summed E-state index contributed by atoms with van der Waals surface area (Å²) in [5.74, 6) is 0. The molecule has 0 unspecified atom stereocenters. The van der Waals surface area contributed by atoms with Crippen molar-refractivity contribution < 1.29 is 14.3 Å². The van der Waals surface area contributed by atoms with Crippen molar-refractivity contribution in [2.24, 2.45) is 0 Å². The van der Waals surface area contributed by atoms with Gasteiger partial charge >= 0.3 is 6.09 Å². The van der Waals surface area contributed by atoms with E-state index >= 15 is 0 Å². The third kappa shape index (κ3) is 4.74. The lowest BCUT2D eigenvalue weighted by Crippen LogP contribution is -2.36. The Kier molecular flexibility index (Phi) is 4.88. The second-order valence-corrected chi connectivity index (χ2v) is 6.63. The molecule has 0 N–H and O–H groups in total.